The average Bonchev–Trinajstić information content (AvgIpc) is 3.38. The molecule has 2 saturated heterocycles. The monoisotopic (exact) mass is 384 g/mol. The third-order valence-corrected chi connectivity index (χ3v) is 5.43. The maximum absolute atomic E-state index is 9.09. The molecule has 0 aliphatic carbocycles. The molecule has 2 aliphatic heterocycles. The second kappa shape index (κ2) is 9.50. The lowest BCUT2D eigenvalue weighted by atomic mass is 10.1. The van der Waals surface area contributed by atoms with Crippen molar-refractivity contribution in [2.45, 2.75) is 25.5 Å². The lowest BCUT2D eigenvalue weighted by molar-refractivity contribution is 0.0370. The maximum atomic E-state index is 9.09. The summed E-state index contributed by atoms with van der Waals surface area (Å²) in [6, 6.07) is 7.97. The van der Waals surface area contributed by atoms with Crippen LogP contribution in [-0.2, 0) is 11.3 Å². The van der Waals surface area contributed by atoms with Gasteiger partial charge in [-0.2, -0.15) is 10.5 Å². The first-order chi connectivity index (χ1) is 13.6. The SMILES string of the molecule is COC1CCN(Cc2ccc(N(C)CCN3CCNC3=C(C#N)C#N)o2)CC1. The number of nitrogens with zero attached hydrogens (tertiary/aromatic N) is 5. The van der Waals surface area contributed by atoms with Crippen LogP contribution in [0.15, 0.2) is 27.9 Å². The van der Waals surface area contributed by atoms with E-state index < -0.39 is 0 Å². The second-order valence-corrected chi connectivity index (χ2v) is 7.23. The van der Waals surface area contributed by atoms with E-state index in [1.165, 1.54) is 0 Å². The lowest BCUT2D eigenvalue weighted by Crippen LogP contribution is -2.36. The molecule has 1 aromatic heterocycles. The molecule has 3 heterocycles. The van der Waals surface area contributed by atoms with Gasteiger partial charge in [0.1, 0.15) is 23.7 Å². The summed E-state index contributed by atoms with van der Waals surface area (Å²) in [7, 11) is 3.78. The van der Waals surface area contributed by atoms with E-state index in [1.807, 2.05) is 36.2 Å². The van der Waals surface area contributed by atoms with E-state index in [-0.39, 0.29) is 5.57 Å². The van der Waals surface area contributed by atoms with E-state index in [0.717, 1.165) is 63.8 Å². The number of ether oxygens (including phenoxy) is 1. The third-order valence-electron chi connectivity index (χ3n) is 5.43. The molecule has 0 unspecified atom stereocenters. The Morgan fingerprint density at radius 2 is 2.04 bits per heavy atom. The van der Waals surface area contributed by atoms with E-state index in [2.05, 4.69) is 15.1 Å². The molecule has 1 aromatic rings. The molecule has 28 heavy (non-hydrogen) atoms. The molecule has 0 atom stereocenters. The van der Waals surface area contributed by atoms with Gasteiger partial charge in [0.2, 0.25) is 0 Å². The fourth-order valence-electron chi connectivity index (χ4n) is 3.69. The Bertz CT molecular complexity index is 750. The number of rotatable bonds is 7. The summed E-state index contributed by atoms with van der Waals surface area (Å²) in [5.41, 5.74) is 0.137. The van der Waals surface area contributed by atoms with Gasteiger partial charge in [-0.15, -0.1) is 0 Å². The number of nitriles is 2. The van der Waals surface area contributed by atoms with Crippen molar-refractivity contribution in [3.05, 3.63) is 29.3 Å². The minimum absolute atomic E-state index is 0.137. The zero-order valence-corrected chi connectivity index (χ0v) is 16.6. The molecule has 0 spiro atoms. The van der Waals surface area contributed by atoms with Crippen molar-refractivity contribution in [1.29, 1.82) is 10.5 Å². The highest BCUT2D eigenvalue weighted by Crippen LogP contribution is 2.21. The minimum atomic E-state index is 0.137. The van der Waals surface area contributed by atoms with Gasteiger partial charge in [-0.1, -0.05) is 0 Å². The lowest BCUT2D eigenvalue weighted by Gasteiger charge is -2.30. The molecule has 8 nitrogen and oxygen atoms in total. The predicted molar refractivity (Wildman–Crippen MR) is 105 cm³/mol. The molecule has 3 rings (SSSR count). The molecule has 0 bridgehead atoms. The van der Waals surface area contributed by atoms with Crippen LogP contribution in [0.3, 0.4) is 0 Å². The van der Waals surface area contributed by atoms with Crippen LogP contribution in [-0.4, -0.2) is 69.3 Å². The van der Waals surface area contributed by atoms with Crippen molar-refractivity contribution in [2.75, 3.05) is 58.3 Å². The largest absolute Gasteiger partial charge is 0.444 e. The van der Waals surface area contributed by atoms with Crippen molar-refractivity contribution < 1.29 is 9.15 Å². The zero-order chi connectivity index (χ0) is 19.9. The molecule has 2 aliphatic rings. The first-order valence-corrected chi connectivity index (χ1v) is 9.73. The van der Waals surface area contributed by atoms with Gasteiger partial charge < -0.3 is 24.3 Å². The van der Waals surface area contributed by atoms with Gasteiger partial charge in [0.15, 0.2) is 11.5 Å². The van der Waals surface area contributed by atoms with Crippen molar-refractivity contribution in [1.82, 2.24) is 15.1 Å². The smallest absolute Gasteiger partial charge is 0.195 e. The molecular weight excluding hydrogens is 356 g/mol. The number of methoxy groups -OCH3 is 1. The third kappa shape index (κ3) is 4.78. The van der Waals surface area contributed by atoms with Gasteiger partial charge in [-0.05, 0) is 18.9 Å². The van der Waals surface area contributed by atoms with Gasteiger partial charge >= 0.3 is 0 Å². The van der Waals surface area contributed by atoms with Gasteiger partial charge in [0.05, 0.1) is 12.6 Å². The standard InChI is InChI=1S/C20H28N6O2/c1-24(11-12-26-10-7-23-20(26)16(13-21)14-22)19-4-3-18(28-19)15-25-8-5-17(27-2)6-9-25/h3-4,17,23H,5-12,15H2,1-2H3. The number of hydrogen-bond donors (Lipinski definition) is 1. The van der Waals surface area contributed by atoms with Gasteiger partial charge in [0, 0.05) is 59.5 Å². The van der Waals surface area contributed by atoms with Crippen LogP contribution in [0.4, 0.5) is 5.88 Å². The van der Waals surface area contributed by atoms with Crippen molar-refractivity contribution in [2.24, 2.45) is 0 Å². The van der Waals surface area contributed by atoms with E-state index in [1.54, 1.807) is 7.11 Å². The Morgan fingerprint density at radius 1 is 1.29 bits per heavy atom. The summed E-state index contributed by atoms with van der Waals surface area (Å²) in [5.74, 6) is 2.44. The fraction of sp³-hybridized carbons (Fsp3) is 0.600. The number of likely N-dealkylation sites (tertiary alicyclic amines) is 1. The molecule has 1 N–H and O–H groups in total. The van der Waals surface area contributed by atoms with Crippen LogP contribution in [0, 0.1) is 22.7 Å². The maximum Gasteiger partial charge on any atom is 0.195 e. The van der Waals surface area contributed by atoms with Crippen LogP contribution in [0.25, 0.3) is 0 Å². The molecule has 0 aromatic carbocycles. The fourth-order valence-corrected chi connectivity index (χ4v) is 3.69. The number of piperidine rings is 1. The summed E-state index contributed by atoms with van der Waals surface area (Å²) in [6.45, 7) is 5.87. The summed E-state index contributed by atoms with van der Waals surface area (Å²) in [6.07, 6.45) is 2.52. The van der Waals surface area contributed by atoms with Crippen LogP contribution in [0.1, 0.15) is 18.6 Å². The highest BCUT2D eigenvalue weighted by Gasteiger charge is 2.22. The Kier molecular flexibility index (Phi) is 6.80. The molecule has 8 heteroatoms. The number of furan rings is 1. The van der Waals surface area contributed by atoms with E-state index >= 15 is 0 Å². The molecule has 0 radical (unpaired) electrons. The van der Waals surface area contributed by atoms with Gasteiger partial charge in [0.25, 0.3) is 0 Å². The minimum Gasteiger partial charge on any atom is -0.444 e. The van der Waals surface area contributed by atoms with Gasteiger partial charge in [-0.25, -0.2) is 0 Å². The molecular formula is C20H28N6O2. The number of nitrogens with one attached hydrogen (secondary N) is 1. The number of likely N-dealkylation sites (N-methyl/N-ethyl adjacent to an activating group) is 1. The Labute approximate surface area is 166 Å². The quantitative estimate of drug-likeness (QED) is 0.707. The molecule has 0 saturated carbocycles. The van der Waals surface area contributed by atoms with E-state index in [4.69, 9.17) is 19.7 Å². The Balaban J connectivity index is 1.51. The summed E-state index contributed by atoms with van der Waals surface area (Å²) >= 11 is 0. The van der Waals surface area contributed by atoms with E-state index in [9.17, 15) is 0 Å². The number of allylic oxidation sites excluding steroid dienone is 1. The first kappa shape index (κ1) is 20.1. The highest BCUT2D eigenvalue weighted by molar-refractivity contribution is 5.40. The molecule has 150 valence electrons. The van der Waals surface area contributed by atoms with Crippen LogP contribution >= 0.6 is 0 Å². The van der Waals surface area contributed by atoms with Gasteiger partial charge in [-0.3, -0.25) is 4.90 Å². The summed E-state index contributed by atoms with van der Waals surface area (Å²) in [5, 5.41) is 21.3. The second-order valence-electron chi connectivity index (χ2n) is 7.23. The highest BCUT2D eigenvalue weighted by atomic mass is 16.5. The summed E-state index contributed by atoms with van der Waals surface area (Å²) < 4.78 is 11.5. The number of anilines is 1. The molecule has 2 fully saturated rings. The van der Waals surface area contributed by atoms with E-state index in [0.29, 0.717) is 18.5 Å². The topological polar surface area (TPSA) is 91.7 Å². The van der Waals surface area contributed by atoms with Crippen molar-refractivity contribution >= 4 is 5.88 Å². The Morgan fingerprint density at radius 3 is 2.71 bits per heavy atom. The predicted octanol–water partition coefficient (Wildman–Crippen LogP) is 1.49. The first-order valence-electron chi connectivity index (χ1n) is 9.73. The average molecular weight is 384 g/mol. The van der Waals surface area contributed by atoms with Crippen molar-refractivity contribution in [3.63, 3.8) is 0 Å². The van der Waals surface area contributed by atoms with Crippen LogP contribution < -0.4 is 10.2 Å². The van der Waals surface area contributed by atoms with Crippen molar-refractivity contribution in [3.8, 4) is 12.1 Å². The number of hydrogen-bond acceptors (Lipinski definition) is 8. The summed E-state index contributed by atoms with van der Waals surface area (Å²) in [4.78, 5) is 6.51. The molecule has 0 amide bonds. The van der Waals surface area contributed by atoms with Crippen LogP contribution in [0.5, 0.6) is 0 Å². The normalized spacial score (nSPS) is 17.9. The zero-order valence-electron chi connectivity index (χ0n) is 16.6. The van der Waals surface area contributed by atoms with Crippen LogP contribution in [0.2, 0.25) is 0 Å². The Hall–Kier alpha value is -2.68.